The Morgan fingerprint density at radius 1 is 0.974 bits per heavy atom. The van der Waals surface area contributed by atoms with Gasteiger partial charge in [-0.15, -0.1) is 0 Å². The molecule has 206 valence electrons. The molecule has 3 aromatic rings. The van der Waals surface area contributed by atoms with Crippen LogP contribution in [0.3, 0.4) is 0 Å². The first-order chi connectivity index (χ1) is 18.8. The molecule has 7 nitrogen and oxygen atoms in total. The highest BCUT2D eigenvalue weighted by atomic mass is 32.2. The Kier molecular flexibility index (Phi) is 9.67. The van der Waals surface area contributed by atoms with E-state index in [9.17, 15) is 13.8 Å². The van der Waals surface area contributed by atoms with Gasteiger partial charge in [-0.3, -0.25) is 9.59 Å². The molecule has 1 atom stereocenters. The van der Waals surface area contributed by atoms with Gasteiger partial charge in [-0.1, -0.05) is 49.2 Å². The van der Waals surface area contributed by atoms with E-state index in [2.05, 4.69) is 47.8 Å². The van der Waals surface area contributed by atoms with E-state index < -0.39 is 10.8 Å². The molecule has 4 rings (SSSR count). The predicted octanol–water partition coefficient (Wildman–Crippen LogP) is 4.99. The van der Waals surface area contributed by atoms with Crippen LogP contribution in [0.2, 0.25) is 0 Å². The van der Waals surface area contributed by atoms with E-state index in [1.54, 1.807) is 42.5 Å². The zero-order valence-corrected chi connectivity index (χ0v) is 24.1. The first kappa shape index (κ1) is 28.7. The summed E-state index contributed by atoms with van der Waals surface area (Å²) >= 11 is 0. The van der Waals surface area contributed by atoms with Crippen LogP contribution in [0.5, 0.6) is 0 Å². The molecule has 0 bridgehead atoms. The zero-order chi connectivity index (χ0) is 27.9. The van der Waals surface area contributed by atoms with Crippen LogP contribution in [0.25, 0.3) is 0 Å². The summed E-state index contributed by atoms with van der Waals surface area (Å²) in [5.74, 6) is -0.529. The second kappa shape index (κ2) is 13.2. The maximum Gasteiger partial charge on any atom is 0.273 e. The first-order valence-electron chi connectivity index (χ1n) is 13.6. The van der Waals surface area contributed by atoms with Gasteiger partial charge in [0.15, 0.2) is 0 Å². The van der Waals surface area contributed by atoms with Gasteiger partial charge in [-0.25, -0.2) is 14.6 Å². The molecule has 1 unspecified atom stereocenters. The molecular weight excluding hydrogens is 508 g/mol. The van der Waals surface area contributed by atoms with Crippen molar-refractivity contribution in [3.05, 3.63) is 88.5 Å². The molecule has 2 N–H and O–H groups in total. The lowest BCUT2D eigenvalue weighted by molar-refractivity contribution is 0.0946. The molecule has 1 aliphatic rings. The summed E-state index contributed by atoms with van der Waals surface area (Å²) in [5, 5.41) is 4.44. The van der Waals surface area contributed by atoms with Crippen LogP contribution >= 0.6 is 0 Å². The maximum atomic E-state index is 13.8. The maximum absolute atomic E-state index is 13.8. The standard InChI is InChI=1S/C31H38N4O3S/c1-5-6-17-34(4)18-9-16-32-30(36)24-14-15-29-27(20-24)35(33-21-25-19-22(2)12-13-23(25)3)31(37)26-10-7-8-11-28(26)39(29)38/h7-8,10-15,19-20,33H,5-6,9,16-18,21H2,1-4H3,(H,32,36). The topological polar surface area (TPSA) is 81.8 Å². The van der Waals surface area contributed by atoms with Crippen LogP contribution in [0.1, 0.15) is 63.6 Å². The van der Waals surface area contributed by atoms with Gasteiger partial charge in [0.2, 0.25) is 0 Å². The van der Waals surface area contributed by atoms with Gasteiger partial charge in [0.05, 0.1) is 31.8 Å². The number of nitrogens with zero attached hydrogens (tertiary/aromatic N) is 2. The summed E-state index contributed by atoms with van der Waals surface area (Å²) in [6.07, 6.45) is 3.17. The van der Waals surface area contributed by atoms with Crippen molar-refractivity contribution in [3.8, 4) is 0 Å². The lowest BCUT2D eigenvalue weighted by Gasteiger charge is -2.25. The molecule has 0 saturated carbocycles. The minimum Gasteiger partial charge on any atom is -0.352 e. The fourth-order valence-corrected chi connectivity index (χ4v) is 5.97. The average molecular weight is 547 g/mol. The number of hydrogen-bond acceptors (Lipinski definition) is 5. The molecule has 0 fully saturated rings. The Balaban J connectivity index is 1.59. The van der Waals surface area contributed by atoms with Gasteiger partial charge in [0, 0.05) is 18.7 Å². The summed E-state index contributed by atoms with van der Waals surface area (Å²) < 4.78 is 13.6. The van der Waals surface area contributed by atoms with Crippen molar-refractivity contribution in [1.82, 2.24) is 15.6 Å². The van der Waals surface area contributed by atoms with Crippen LogP contribution in [0, 0.1) is 13.8 Å². The molecule has 0 radical (unpaired) electrons. The second-order valence-corrected chi connectivity index (χ2v) is 11.5. The summed E-state index contributed by atoms with van der Waals surface area (Å²) in [5.41, 5.74) is 7.78. The van der Waals surface area contributed by atoms with Gasteiger partial charge < -0.3 is 10.2 Å². The largest absolute Gasteiger partial charge is 0.352 e. The normalized spacial score (nSPS) is 14.6. The molecule has 8 heteroatoms. The number of nitrogens with one attached hydrogen (secondary N) is 2. The Morgan fingerprint density at radius 2 is 1.74 bits per heavy atom. The average Bonchev–Trinajstić information content (AvgIpc) is 3.03. The molecule has 0 saturated heterocycles. The van der Waals surface area contributed by atoms with Crippen molar-refractivity contribution >= 4 is 28.3 Å². The van der Waals surface area contributed by atoms with E-state index in [4.69, 9.17) is 0 Å². The van der Waals surface area contributed by atoms with Crippen LogP contribution in [0.4, 0.5) is 5.69 Å². The van der Waals surface area contributed by atoms with Gasteiger partial charge in [-0.05, 0) is 88.3 Å². The van der Waals surface area contributed by atoms with Gasteiger partial charge in [0.1, 0.15) is 0 Å². The number of hydrazine groups is 1. The summed E-state index contributed by atoms with van der Waals surface area (Å²) in [6, 6.07) is 18.2. The third kappa shape index (κ3) is 6.82. The molecule has 0 aliphatic carbocycles. The Morgan fingerprint density at radius 3 is 2.54 bits per heavy atom. The number of benzene rings is 3. The van der Waals surface area contributed by atoms with Crippen LogP contribution in [-0.2, 0) is 17.3 Å². The van der Waals surface area contributed by atoms with Crippen molar-refractivity contribution in [2.24, 2.45) is 0 Å². The monoisotopic (exact) mass is 546 g/mol. The number of fused-ring (bicyclic) bond motifs is 2. The molecule has 39 heavy (non-hydrogen) atoms. The number of unbranched alkanes of at least 4 members (excludes halogenated alkanes) is 1. The quantitative estimate of drug-likeness (QED) is 0.331. The van der Waals surface area contributed by atoms with E-state index in [1.807, 2.05) is 13.8 Å². The number of rotatable bonds is 11. The van der Waals surface area contributed by atoms with Crippen molar-refractivity contribution in [2.75, 3.05) is 31.7 Å². The number of hydrogen-bond donors (Lipinski definition) is 2. The Hall–Kier alpha value is -3.33. The Bertz CT molecular complexity index is 1370. The highest BCUT2D eigenvalue weighted by molar-refractivity contribution is 7.85. The number of carbonyl (C=O) groups excluding carboxylic acids is 2. The summed E-state index contributed by atoms with van der Waals surface area (Å²) in [7, 11) is 0.515. The van der Waals surface area contributed by atoms with E-state index in [0.29, 0.717) is 39.7 Å². The van der Waals surface area contributed by atoms with E-state index in [1.165, 1.54) is 5.01 Å². The minimum absolute atomic E-state index is 0.219. The molecule has 0 aromatic heterocycles. The predicted molar refractivity (Wildman–Crippen MR) is 156 cm³/mol. The highest BCUT2D eigenvalue weighted by Gasteiger charge is 2.31. The first-order valence-corrected chi connectivity index (χ1v) is 14.7. The summed E-state index contributed by atoms with van der Waals surface area (Å²) in [6.45, 7) is 9.15. The lowest BCUT2D eigenvalue weighted by Crippen LogP contribution is -2.43. The van der Waals surface area contributed by atoms with E-state index in [-0.39, 0.29) is 11.8 Å². The molecule has 1 aliphatic heterocycles. The van der Waals surface area contributed by atoms with Gasteiger partial charge in [0.25, 0.3) is 11.8 Å². The molecule has 2 amide bonds. The second-order valence-electron chi connectivity index (χ2n) is 10.1. The van der Waals surface area contributed by atoms with Crippen LogP contribution < -0.4 is 15.8 Å². The molecular formula is C31H38N4O3S. The van der Waals surface area contributed by atoms with E-state index >= 15 is 0 Å². The van der Waals surface area contributed by atoms with Crippen molar-refractivity contribution in [3.63, 3.8) is 0 Å². The highest BCUT2D eigenvalue weighted by Crippen LogP contribution is 2.34. The molecule has 0 spiro atoms. The van der Waals surface area contributed by atoms with Gasteiger partial charge >= 0.3 is 0 Å². The number of aryl methyl sites for hydroxylation is 2. The van der Waals surface area contributed by atoms with Crippen LogP contribution in [-0.4, -0.2) is 47.6 Å². The summed E-state index contributed by atoms with van der Waals surface area (Å²) in [4.78, 5) is 30.0. The lowest BCUT2D eigenvalue weighted by atomic mass is 10.1. The number of amides is 2. The number of anilines is 1. The van der Waals surface area contributed by atoms with E-state index in [0.717, 1.165) is 49.0 Å². The van der Waals surface area contributed by atoms with Crippen molar-refractivity contribution in [1.29, 1.82) is 0 Å². The van der Waals surface area contributed by atoms with Crippen molar-refractivity contribution in [2.45, 2.75) is 56.4 Å². The molecule has 3 aromatic carbocycles. The molecule has 1 heterocycles. The SMILES string of the molecule is CCCCN(C)CCCNC(=O)c1ccc2c(c1)N(NCc1cc(C)ccc1C)C(=O)c1ccccc1S2=O. The third-order valence-corrected chi connectivity index (χ3v) is 8.51. The van der Waals surface area contributed by atoms with Gasteiger partial charge in [-0.2, -0.15) is 0 Å². The third-order valence-electron chi connectivity index (χ3n) is 7.01. The van der Waals surface area contributed by atoms with Crippen molar-refractivity contribution < 1.29 is 13.8 Å². The van der Waals surface area contributed by atoms with Crippen LogP contribution in [0.15, 0.2) is 70.5 Å². The fourth-order valence-electron chi connectivity index (χ4n) is 4.65. The minimum atomic E-state index is -1.58. The number of carbonyl (C=O) groups is 2. The fraction of sp³-hybridized carbons (Fsp3) is 0.355. The smallest absolute Gasteiger partial charge is 0.273 e. The zero-order valence-electron chi connectivity index (χ0n) is 23.3. The Labute approximate surface area is 234 Å².